The molecule has 5 rings (SSSR count). The predicted molar refractivity (Wildman–Crippen MR) is 137 cm³/mol. The molecule has 9 heteroatoms. The van der Waals surface area contributed by atoms with Crippen LogP contribution >= 0.6 is 0 Å². The molecule has 0 bridgehead atoms. The minimum Gasteiger partial charge on any atom is -0.378 e. The molecule has 0 spiro atoms. The number of rotatable bonds is 6. The van der Waals surface area contributed by atoms with Gasteiger partial charge in [0.05, 0.1) is 24.9 Å². The number of anilines is 4. The summed E-state index contributed by atoms with van der Waals surface area (Å²) in [7, 11) is 0. The molecule has 1 aliphatic rings. The number of carbonyl (C=O) groups is 1. The van der Waals surface area contributed by atoms with Crippen molar-refractivity contribution >= 4 is 40.0 Å². The van der Waals surface area contributed by atoms with Gasteiger partial charge in [-0.05, 0) is 48.0 Å². The molecule has 3 N–H and O–H groups in total. The Labute approximate surface area is 201 Å². The average Bonchev–Trinajstić information content (AvgIpc) is 2.89. The Balaban J connectivity index is 1.45. The fourth-order valence-corrected chi connectivity index (χ4v) is 3.99. The molecule has 0 unspecified atom stereocenters. The number of nitrogens with one attached hydrogen (secondary N) is 3. The van der Waals surface area contributed by atoms with E-state index in [0.717, 1.165) is 43.2 Å². The van der Waals surface area contributed by atoms with Crippen molar-refractivity contribution in [2.24, 2.45) is 0 Å². The van der Waals surface area contributed by atoms with Crippen LogP contribution in [0.3, 0.4) is 0 Å². The lowest BCUT2D eigenvalue weighted by Crippen LogP contribution is -2.36. The van der Waals surface area contributed by atoms with Crippen molar-refractivity contribution in [2.75, 3.05) is 41.8 Å². The number of amides is 1. The molecule has 0 aliphatic carbocycles. The zero-order chi connectivity index (χ0) is 24.2. The van der Waals surface area contributed by atoms with Gasteiger partial charge in [0.25, 0.3) is 0 Å². The first-order chi connectivity index (χ1) is 17.1. The monoisotopic (exact) mass is 468 g/mol. The highest BCUT2D eigenvalue weighted by atomic mass is 16.5. The van der Waals surface area contributed by atoms with Gasteiger partial charge in [0, 0.05) is 41.8 Å². The summed E-state index contributed by atoms with van der Waals surface area (Å²) in [6.45, 7) is 6.69. The number of hydrogen-bond donors (Lipinski definition) is 3. The van der Waals surface area contributed by atoms with Gasteiger partial charge in [-0.15, -0.1) is 0 Å². The van der Waals surface area contributed by atoms with E-state index in [1.807, 2.05) is 18.2 Å². The van der Waals surface area contributed by atoms with Crippen LogP contribution in [0.4, 0.5) is 23.0 Å². The lowest BCUT2D eigenvalue weighted by Gasteiger charge is -2.28. The molecule has 2 aromatic heterocycles. The highest BCUT2D eigenvalue weighted by Gasteiger charge is 2.13. The maximum atomic E-state index is 12.3. The van der Waals surface area contributed by atoms with E-state index in [-0.39, 0.29) is 11.5 Å². The van der Waals surface area contributed by atoms with Crippen LogP contribution in [0.15, 0.2) is 78.2 Å². The van der Waals surface area contributed by atoms with Crippen LogP contribution in [0.5, 0.6) is 0 Å². The first kappa shape index (κ1) is 22.3. The van der Waals surface area contributed by atoms with Crippen molar-refractivity contribution in [2.45, 2.75) is 0 Å². The maximum absolute atomic E-state index is 12.3. The van der Waals surface area contributed by atoms with Crippen LogP contribution in [-0.4, -0.2) is 47.2 Å². The van der Waals surface area contributed by atoms with E-state index in [1.54, 1.807) is 24.4 Å². The van der Waals surface area contributed by atoms with Gasteiger partial charge in [-0.2, -0.15) is 0 Å². The predicted octanol–water partition coefficient (Wildman–Crippen LogP) is 3.69. The molecule has 9 nitrogen and oxygen atoms in total. The van der Waals surface area contributed by atoms with Gasteiger partial charge in [0.2, 0.25) is 17.4 Å². The number of nitrogens with zero attached hydrogens (tertiary/aromatic N) is 3. The van der Waals surface area contributed by atoms with Gasteiger partial charge in [-0.3, -0.25) is 9.59 Å². The Hall–Kier alpha value is -4.50. The third kappa shape index (κ3) is 5.04. The molecule has 1 saturated heterocycles. The molecule has 0 saturated carbocycles. The van der Waals surface area contributed by atoms with E-state index >= 15 is 0 Å². The van der Waals surface area contributed by atoms with E-state index in [4.69, 9.17) is 4.74 Å². The molecular weight excluding hydrogens is 444 g/mol. The molecule has 2 aromatic carbocycles. The number of hydrogen-bond acceptors (Lipinski definition) is 7. The maximum Gasteiger partial charge on any atom is 0.249 e. The summed E-state index contributed by atoms with van der Waals surface area (Å²) in [6, 6.07) is 16.8. The van der Waals surface area contributed by atoms with Crippen LogP contribution in [0, 0.1) is 0 Å². The van der Waals surface area contributed by atoms with Crippen LogP contribution in [0.25, 0.3) is 22.2 Å². The first-order valence-corrected chi connectivity index (χ1v) is 11.2. The van der Waals surface area contributed by atoms with Gasteiger partial charge >= 0.3 is 0 Å². The van der Waals surface area contributed by atoms with Crippen LogP contribution in [-0.2, 0) is 9.53 Å². The Kier molecular flexibility index (Phi) is 6.23. The van der Waals surface area contributed by atoms with Crippen molar-refractivity contribution in [1.29, 1.82) is 0 Å². The minimum absolute atomic E-state index is 0.268. The van der Waals surface area contributed by atoms with E-state index < -0.39 is 0 Å². The number of carbonyl (C=O) groups excluding carboxylic acids is 1. The van der Waals surface area contributed by atoms with Crippen LogP contribution in [0.1, 0.15) is 0 Å². The van der Waals surface area contributed by atoms with Crippen molar-refractivity contribution in [1.82, 2.24) is 15.0 Å². The first-order valence-electron chi connectivity index (χ1n) is 11.2. The van der Waals surface area contributed by atoms with E-state index in [9.17, 15) is 9.59 Å². The van der Waals surface area contributed by atoms with Gasteiger partial charge in [0.1, 0.15) is 5.52 Å². The fourth-order valence-electron chi connectivity index (χ4n) is 3.99. The number of ether oxygens (including phenoxy) is 1. The van der Waals surface area contributed by atoms with E-state index in [2.05, 4.69) is 49.2 Å². The topological polar surface area (TPSA) is 112 Å². The van der Waals surface area contributed by atoms with Crippen molar-refractivity contribution in [3.8, 4) is 11.1 Å². The second-order valence-corrected chi connectivity index (χ2v) is 8.05. The second kappa shape index (κ2) is 9.78. The normalized spacial score (nSPS) is 13.4. The molecule has 176 valence electrons. The van der Waals surface area contributed by atoms with Crippen molar-refractivity contribution in [3.63, 3.8) is 0 Å². The van der Waals surface area contributed by atoms with E-state index in [1.165, 1.54) is 12.1 Å². The summed E-state index contributed by atoms with van der Waals surface area (Å²) >= 11 is 0. The zero-order valence-electron chi connectivity index (χ0n) is 19.0. The fraction of sp³-hybridized carbons (Fsp3) is 0.154. The Morgan fingerprint density at radius 3 is 2.66 bits per heavy atom. The number of aromatic amines is 1. The minimum atomic E-state index is -0.314. The molecule has 4 aromatic rings. The summed E-state index contributed by atoms with van der Waals surface area (Å²) in [5.74, 6) is 0.0902. The van der Waals surface area contributed by atoms with Crippen LogP contribution in [0.2, 0.25) is 0 Å². The molecule has 0 atom stereocenters. The summed E-state index contributed by atoms with van der Waals surface area (Å²) in [5.41, 5.74) is 4.78. The molecule has 3 heterocycles. The van der Waals surface area contributed by atoms with Crippen LogP contribution < -0.4 is 21.1 Å². The lowest BCUT2D eigenvalue weighted by atomic mass is 10.0. The molecule has 0 radical (unpaired) electrons. The van der Waals surface area contributed by atoms with Gasteiger partial charge in [-0.25, -0.2) is 9.97 Å². The molecule has 1 amide bonds. The SMILES string of the molecule is C=CC(=O)Nc1cccc(-c2cc(=O)[nH]c3cnc(Nc4ccc(N5CCOCC5)cc4)nc23)c1. The van der Waals surface area contributed by atoms with Crippen molar-refractivity contribution in [3.05, 3.63) is 83.8 Å². The summed E-state index contributed by atoms with van der Waals surface area (Å²) < 4.78 is 5.42. The molecular formula is C26H24N6O3. The average molecular weight is 469 g/mol. The van der Waals surface area contributed by atoms with Gasteiger partial charge in [-0.1, -0.05) is 18.7 Å². The highest BCUT2D eigenvalue weighted by molar-refractivity contribution is 6.00. The van der Waals surface area contributed by atoms with Gasteiger partial charge < -0.3 is 25.3 Å². The third-order valence-corrected chi connectivity index (χ3v) is 5.70. The Bertz CT molecular complexity index is 1440. The second-order valence-electron chi connectivity index (χ2n) is 8.05. The number of H-pyrrole nitrogens is 1. The smallest absolute Gasteiger partial charge is 0.249 e. The molecule has 1 aliphatic heterocycles. The number of morpholine rings is 1. The number of benzene rings is 2. The largest absolute Gasteiger partial charge is 0.378 e. The number of fused-ring (bicyclic) bond motifs is 1. The zero-order valence-corrected chi connectivity index (χ0v) is 19.0. The molecule has 35 heavy (non-hydrogen) atoms. The number of aromatic nitrogens is 3. The Morgan fingerprint density at radius 1 is 1.09 bits per heavy atom. The standard InChI is InChI=1S/C26H24N6O3/c1-2-23(33)28-19-5-3-4-17(14-19)21-15-24(34)30-22-16-27-26(31-25(21)22)29-18-6-8-20(9-7-18)32-10-12-35-13-11-32/h2-9,14-16H,1,10-13H2,(H,28,33)(H,30,34)(H,27,29,31). The summed E-state index contributed by atoms with van der Waals surface area (Å²) in [5, 5.41) is 5.98. The van der Waals surface area contributed by atoms with Gasteiger partial charge in [0.15, 0.2) is 0 Å². The lowest BCUT2D eigenvalue weighted by molar-refractivity contribution is -0.111. The van der Waals surface area contributed by atoms with Crippen molar-refractivity contribution < 1.29 is 9.53 Å². The summed E-state index contributed by atoms with van der Waals surface area (Å²) in [4.78, 5) is 38.1. The highest BCUT2D eigenvalue weighted by Crippen LogP contribution is 2.28. The third-order valence-electron chi connectivity index (χ3n) is 5.70. The number of pyridine rings is 1. The van der Waals surface area contributed by atoms with E-state index in [0.29, 0.717) is 28.2 Å². The Morgan fingerprint density at radius 2 is 1.89 bits per heavy atom. The molecule has 1 fully saturated rings. The summed E-state index contributed by atoms with van der Waals surface area (Å²) in [6.07, 6.45) is 2.79. The quantitative estimate of drug-likeness (QED) is 0.370.